The topological polar surface area (TPSA) is 75.6 Å². The number of ether oxygens (including phenoxy) is 1. The lowest BCUT2D eigenvalue weighted by atomic mass is 9.90. The largest absolute Gasteiger partial charge is 0.483 e. The molecule has 128 valence electrons. The molecule has 0 aromatic heterocycles. The minimum atomic E-state index is -0.870. The molecule has 0 aliphatic heterocycles. The Labute approximate surface area is 138 Å². The van der Waals surface area contributed by atoms with E-state index in [9.17, 15) is 9.59 Å². The lowest BCUT2D eigenvalue weighted by Crippen LogP contribution is -2.34. The maximum Gasteiger partial charge on any atom is 0.309 e. The summed E-state index contributed by atoms with van der Waals surface area (Å²) in [6.07, 6.45) is 1.37. The second kappa shape index (κ2) is 8.56. The van der Waals surface area contributed by atoms with Gasteiger partial charge in [-0.05, 0) is 44.2 Å². The van der Waals surface area contributed by atoms with E-state index in [1.807, 2.05) is 24.3 Å². The van der Waals surface area contributed by atoms with Gasteiger partial charge >= 0.3 is 5.97 Å². The summed E-state index contributed by atoms with van der Waals surface area (Å²) in [6.45, 7) is 7.75. The number of carbonyl (C=O) groups excluding carboxylic acids is 1. The average Bonchev–Trinajstić information content (AvgIpc) is 2.52. The van der Waals surface area contributed by atoms with Crippen molar-refractivity contribution in [3.63, 3.8) is 0 Å². The van der Waals surface area contributed by atoms with Crippen molar-refractivity contribution in [3.05, 3.63) is 29.8 Å². The van der Waals surface area contributed by atoms with E-state index in [1.54, 1.807) is 13.8 Å². The lowest BCUT2D eigenvalue weighted by molar-refractivity contribution is -0.147. The molecule has 0 radical (unpaired) electrons. The van der Waals surface area contributed by atoms with Crippen molar-refractivity contribution in [3.8, 4) is 5.75 Å². The molecule has 0 saturated carbocycles. The van der Waals surface area contributed by atoms with Crippen LogP contribution in [0, 0.1) is 5.41 Å². The third-order valence-corrected chi connectivity index (χ3v) is 4.07. The predicted molar refractivity (Wildman–Crippen MR) is 89.7 cm³/mol. The van der Waals surface area contributed by atoms with Crippen molar-refractivity contribution >= 4 is 11.9 Å². The van der Waals surface area contributed by atoms with E-state index in [0.717, 1.165) is 17.7 Å². The number of carbonyl (C=O) groups is 2. The Bertz CT molecular complexity index is 540. The van der Waals surface area contributed by atoms with Crippen LogP contribution >= 0.6 is 0 Å². The van der Waals surface area contributed by atoms with Crippen LogP contribution in [-0.2, 0) is 9.59 Å². The molecule has 0 spiro atoms. The van der Waals surface area contributed by atoms with E-state index in [2.05, 4.69) is 19.2 Å². The smallest absolute Gasteiger partial charge is 0.309 e. The van der Waals surface area contributed by atoms with Crippen LogP contribution in [0.5, 0.6) is 5.75 Å². The third kappa shape index (κ3) is 5.93. The summed E-state index contributed by atoms with van der Waals surface area (Å²) in [4.78, 5) is 22.8. The molecular weight excluding hydrogens is 294 g/mol. The Hall–Kier alpha value is -2.04. The molecule has 5 heteroatoms. The number of rotatable bonds is 9. The van der Waals surface area contributed by atoms with Gasteiger partial charge in [0.1, 0.15) is 5.75 Å². The molecule has 0 aliphatic rings. The minimum Gasteiger partial charge on any atom is -0.483 e. The standard InChI is InChI=1S/C18H27NO4/c1-5-13(2)14-8-6-7-9-15(14)23-12-16(20)19-11-10-18(3,4)17(21)22/h6-9,13H,5,10-12H2,1-4H3,(H,19,20)(H,21,22). The van der Waals surface area contributed by atoms with Gasteiger partial charge in [0.25, 0.3) is 5.91 Å². The second-order valence-corrected chi connectivity index (χ2v) is 6.42. The van der Waals surface area contributed by atoms with Crippen molar-refractivity contribution in [2.75, 3.05) is 13.2 Å². The number of para-hydroxylation sites is 1. The molecular formula is C18H27NO4. The van der Waals surface area contributed by atoms with Crippen LogP contribution in [0.15, 0.2) is 24.3 Å². The number of hydrogen-bond donors (Lipinski definition) is 2. The summed E-state index contributed by atoms with van der Waals surface area (Å²) in [6, 6.07) is 7.72. The van der Waals surface area contributed by atoms with Crippen LogP contribution in [-0.4, -0.2) is 30.1 Å². The number of amides is 1. The summed E-state index contributed by atoms with van der Waals surface area (Å²) < 4.78 is 5.62. The molecule has 0 aliphatic carbocycles. The van der Waals surface area contributed by atoms with Gasteiger partial charge < -0.3 is 15.2 Å². The van der Waals surface area contributed by atoms with Gasteiger partial charge in [0.15, 0.2) is 6.61 Å². The Balaban J connectivity index is 2.47. The van der Waals surface area contributed by atoms with Gasteiger partial charge in [-0.25, -0.2) is 0 Å². The Morgan fingerprint density at radius 3 is 2.57 bits per heavy atom. The van der Waals surface area contributed by atoms with E-state index in [4.69, 9.17) is 9.84 Å². The predicted octanol–water partition coefficient (Wildman–Crippen LogP) is 3.20. The first kappa shape index (κ1) is 19.0. The zero-order chi connectivity index (χ0) is 17.5. The van der Waals surface area contributed by atoms with Crippen molar-refractivity contribution < 1.29 is 19.4 Å². The fourth-order valence-corrected chi connectivity index (χ4v) is 2.05. The molecule has 1 atom stereocenters. The Morgan fingerprint density at radius 1 is 1.30 bits per heavy atom. The van der Waals surface area contributed by atoms with Crippen LogP contribution < -0.4 is 10.1 Å². The first-order valence-electron chi connectivity index (χ1n) is 7.99. The molecule has 0 fully saturated rings. The van der Waals surface area contributed by atoms with E-state index in [1.165, 1.54) is 0 Å². The zero-order valence-corrected chi connectivity index (χ0v) is 14.4. The van der Waals surface area contributed by atoms with E-state index in [-0.39, 0.29) is 12.5 Å². The summed E-state index contributed by atoms with van der Waals surface area (Å²) >= 11 is 0. The molecule has 0 bridgehead atoms. The Kier molecular flexibility index (Phi) is 7.07. The molecule has 1 rings (SSSR count). The van der Waals surface area contributed by atoms with Crippen molar-refractivity contribution in [1.82, 2.24) is 5.32 Å². The van der Waals surface area contributed by atoms with Crippen molar-refractivity contribution in [2.24, 2.45) is 5.41 Å². The SMILES string of the molecule is CCC(C)c1ccccc1OCC(=O)NCCC(C)(C)C(=O)O. The quantitative estimate of drug-likeness (QED) is 0.732. The average molecular weight is 321 g/mol. The third-order valence-electron chi connectivity index (χ3n) is 4.07. The summed E-state index contributed by atoms with van der Waals surface area (Å²) in [7, 11) is 0. The normalized spacial score (nSPS) is 12.5. The molecule has 1 unspecified atom stereocenters. The van der Waals surface area contributed by atoms with Crippen LogP contribution in [0.4, 0.5) is 0 Å². The van der Waals surface area contributed by atoms with Gasteiger partial charge in [-0.1, -0.05) is 32.0 Å². The highest BCUT2D eigenvalue weighted by Gasteiger charge is 2.26. The van der Waals surface area contributed by atoms with Crippen LogP contribution in [0.1, 0.15) is 52.0 Å². The number of hydrogen-bond acceptors (Lipinski definition) is 3. The summed E-state index contributed by atoms with van der Waals surface area (Å²) in [5.74, 6) is -0.0240. The summed E-state index contributed by atoms with van der Waals surface area (Å²) in [5.41, 5.74) is 0.243. The summed E-state index contributed by atoms with van der Waals surface area (Å²) in [5, 5.41) is 11.7. The van der Waals surface area contributed by atoms with Gasteiger partial charge in [0, 0.05) is 6.54 Å². The minimum absolute atomic E-state index is 0.0685. The van der Waals surface area contributed by atoms with Gasteiger partial charge in [0.05, 0.1) is 5.41 Å². The second-order valence-electron chi connectivity index (χ2n) is 6.42. The molecule has 1 aromatic carbocycles. The van der Waals surface area contributed by atoms with Gasteiger partial charge in [-0.3, -0.25) is 9.59 Å². The monoisotopic (exact) mass is 321 g/mol. The van der Waals surface area contributed by atoms with Crippen molar-refractivity contribution in [1.29, 1.82) is 0 Å². The van der Waals surface area contributed by atoms with Crippen LogP contribution in [0.3, 0.4) is 0 Å². The molecule has 5 nitrogen and oxygen atoms in total. The highest BCUT2D eigenvalue weighted by atomic mass is 16.5. The number of carboxylic acids is 1. The van der Waals surface area contributed by atoms with Crippen LogP contribution in [0.25, 0.3) is 0 Å². The Morgan fingerprint density at radius 2 is 1.96 bits per heavy atom. The number of nitrogens with one attached hydrogen (secondary N) is 1. The molecule has 2 N–H and O–H groups in total. The van der Waals surface area contributed by atoms with Gasteiger partial charge in [-0.15, -0.1) is 0 Å². The van der Waals surface area contributed by atoms with Crippen molar-refractivity contribution in [2.45, 2.75) is 46.5 Å². The molecule has 0 heterocycles. The van der Waals surface area contributed by atoms with Crippen LogP contribution in [0.2, 0.25) is 0 Å². The number of carboxylic acid groups (broad SMARTS) is 1. The first-order chi connectivity index (χ1) is 10.8. The highest BCUT2D eigenvalue weighted by molar-refractivity contribution is 5.78. The van der Waals surface area contributed by atoms with E-state index >= 15 is 0 Å². The van der Waals surface area contributed by atoms with Gasteiger partial charge in [0.2, 0.25) is 0 Å². The molecule has 0 saturated heterocycles. The first-order valence-corrected chi connectivity index (χ1v) is 7.99. The maximum atomic E-state index is 11.8. The zero-order valence-electron chi connectivity index (χ0n) is 14.4. The van der Waals surface area contributed by atoms with E-state index < -0.39 is 11.4 Å². The van der Waals surface area contributed by atoms with Gasteiger partial charge in [-0.2, -0.15) is 0 Å². The maximum absolute atomic E-state index is 11.8. The number of aliphatic carboxylic acids is 1. The number of benzene rings is 1. The lowest BCUT2D eigenvalue weighted by Gasteiger charge is -2.19. The molecule has 1 aromatic rings. The van der Waals surface area contributed by atoms with E-state index in [0.29, 0.717) is 18.9 Å². The fourth-order valence-electron chi connectivity index (χ4n) is 2.05. The molecule has 1 amide bonds. The fraction of sp³-hybridized carbons (Fsp3) is 0.556. The molecule has 23 heavy (non-hydrogen) atoms. The highest BCUT2D eigenvalue weighted by Crippen LogP contribution is 2.28.